The number of likely N-dealkylation sites (N-methyl/N-ethyl adjacent to an activating group) is 1. The minimum absolute atomic E-state index is 0.00211. The summed E-state index contributed by atoms with van der Waals surface area (Å²) in [5, 5.41) is 12.1. The number of carbonyl (C=O) groups excluding carboxylic acids is 3. The van der Waals surface area contributed by atoms with E-state index in [0.29, 0.717) is 39.0 Å². The standard InChI is InChI=1S/C21H31N5O5S/c1-21(2,3)26(20(30)31)10-7-6-8-23-18(29)19-24-15-16(28)13(22-9-11-25(4)5)12-14(27)17(15)32-19/h6-12H2,1-5H3,(H,23,29)(H,30,31). The summed E-state index contributed by atoms with van der Waals surface area (Å²) in [4.78, 5) is 60.7. The van der Waals surface area contributed by atoms with Gasteiger partial charge in [0.2, 0.25) is 5.78 Å². The highest BCUT2D eigenvalue weighted by molar-refractivity contribution is 7.16. The molecule has 0 radical (unpaired) electrons. The fourth-order valence-corrected chi connectivity index (χ4v) is 4.03. The number of nitrogens with zero attached hydrogens (tertiary/aromatic N) is 4. The van der Waals surface area contributed by atoms with E-state index in [1.165, 1.54) is 4.90 Å². The number of aliphatic imine (C=N–C) groups is 1. The molecule has 1 aromatic rings. The van der Waals surface area contributed by atoms with E-state index in [1.54, 1.807) is 0 Å². The van der Waals surface area contributed by atoms with Gasteiger partial charge >= 0.3 is 6.09 Å². The van der Waals surface area contributed by atoms with E-state index in [0.717, 1.165) is 11.3 Å². The Morgan fingerprint density at radius 3 is 2.47 bits per heavy atom. The Labute approximate surface area is 191 Å². The molecule has 0 aromatic carbocycles. The number of ketones is 2. The van der Waals surface area contributed by atoms with Crippen LogP contribution >= 0.6 is 11.3 Å². The Kier molecular flexibility index (Phi) is 8.62. The number of fused-ring (bicyclic) bond motifs is 1. The lowest BCUT2D eigenvalue weighted by Crippen LogP contribution is -2.45. The molecule has 1 aliphatic rings. The van der Waals surface area contributed by atoms with E-state index < -0.39 is 23.3 Å². The molecule has 0 saturated heterocycles. The third kappa shape index (κ3) is 6.67. The van der Waals surface area contributed by atoms with Gasteiger partial charge in [-0.1, -0.05) is 0 Å². The van der Waals surface area contributed by atoms with Crippen molar-refractivity contribution in [3.05, 3.63) is 15.6 Å². The van der Waals surface area contributed by atoms with Crippen molar-refractivity contribution in [3.63, 3.8) is 0 Å². The van der Waals surface area contributed by atoms with Gasteiger partial charge in [0.25, 0.3) is 5.91 Å². The molecule has 1 heterocycles. The van der Waals surface area contributed by atoms with Crippen LogP contribution in [0, 0.1) is 0 Å². The minimum Gasteiger partial charge on any atom is -0.465 e. The van der Waals surface area contributed by atoms with Crippen LogP contribution in [0.25, 0.3) is 0 Å². The van der Waals surface area contributed by atoms with Gasteiger partial charge in [-0.25, -0.2) is 9.78 Å². The van der Waals surface area contributed by atoms with Gasteiger partial charge in [0.05, 0.1) is 18.7 Å². The van der Waals surface area contributed by atoms with Crippen molar-refractivity contribution < 1.29 is 24.3 Å². The Bertz CT molecular complexity index is 916. The van der Waals surface area contributed by atoms with Crippen molar-refractivity contribution in [2.24, 2.45) is 4.99 Å². The van der Waals surface area contributed by atoms with Crippen molar-refractivity contribution in [1.82, 2.24) is 20.1 Å². The molecule has 0 unspecified atom stereocenters. The van der Waals surface area contributed by atoms with E-state index in [2.05, 4.69) is 15.3 Å². The molecular weight excluding hydrogens is 434 g/mol. The Morgan fingerprint density at radius 2 is 1.88 bits per heavy atom. The van der Waals surface area contributed by atoms with E-state index in [-0.39, 0.29) is 33.5 Å². The molecule has 1 aromatic heterocycles. The van der Waals surface area contributed by atoms with E-state index >= 15 is 0 Å². The maximum absolute atomic E-state index is 12.6. The zero-order valence-electron chi connectivity index (χ0n) is 19.2. The van der Waals surface area contributed by atoms with Crippen LogP contribution in [0.4, 0.5) is 4.79 Å². The van der Waals surface area contributed by atoms with Crippen molar-refractivity contribution >= 4 is 40.6 Å². The minimum atomic E-state index is -0.978. The summed E-state index contributed by atoms with van der Waals surface area (Å²) in [5.74, 6) is -1.11. The van der Waals surface area contributed by atoms with Gasteiger partial charge in [0.1, 0.15) is 10.6 Å². The third-order valence-corrected chi connectivity index (χ3v) is 5.96. The van der Waals surface area contributed by atoms with Crippen LogP contribution in [0.5, 0.6) is 0 Å². The normalized spacial score (nSPS) is 15.2. The van der Waals surface area contributed by atoms with Crippen LogP contribution in [0.3, 0.4) is 0 Å². The average Bonchev–Trinajstić information content (AvgIpc) is 3.13. The number of thiazole rings is 1. The fraction of sp³-hybridized carbons (Fsp3) is 0.619. The molecule has 0 fully saturated rings. The zero-order valence-corrected chi connectivity index (χ0v) is 20.0. The first-order valence-corrected chi connectivity index (χ1v) is 11.3. The quantitative estimate of drug-likeness (QED) is 0.534. The molecule has 0 saturated carbocycles. The molecule has 10 nitrogen and oxygen atoms in total. The van der Waals surface area contributed by atoms with E-state index in [4.69, 9.17) is 0 Å². The molecule has 2 amide bonds. The second-order valence-electron chi connectivity index (χ2n) is 8.83. The maximum atomic E-state index is 12.6. The average molecular weight is 466 g/mol. The number of aromatic nitrogens is 1. The third-order valence-electron chi connectivity index (χ3n) is 4.86. The molecule has 0 spiro atoms. The summed E-state index contributed by atoms with van der Waals surface area (Å²) in [6, 6.07) is 0. The van der Waals surface area contributed by atoms with E-state index in [1.807, 2.05) is 39.8 Å². The number of carboxylic acid groups (broad SMARTS) is 1. The molecule has 0 bridgehead atoms. The van der Waals surface area contributed by atoms with Gasteiger partial charge in [-0.05, 0) is 47.7 Å². The van der Waals surface area contributed by atoms with Crippen LogP contribution in [0.1, 0.15) is 70.0 Å². The highest BCUT2D eigenvalue weighted by atomic mass is 32.1. The Morgan fingerprint density at radius 1 is 1.19 bits per heavy atom. The predicted molar refractivity (Wildman–Crippen MR) is 122 cm³/mol. The largest absolute Gasteiger partial charge is 0.465 e. The number of nitrogens with one attached hydrogen (secondary N) is 1. The summed E-state index contributed by atoms with van der Waals surface area (Å²) in [6.07, 6.45) is 0.115. The molecule has 2 N–H and O–H groups in total. The second-order valence-corrected chi connectivity index (χ2v) is 9.82. The number of hydrogen-bond acceptors (Lipinski definition) is 8. The van der Waals surface area contributed by atoms with Gasteiger partial charge in [-0.2, -0.15) is 0 Å². The zero-order chi connectivity index (χ0) is 24.1. The van der Waals surface area contributed by atoms with Crippen LogP contribution < -0.4 is 5.32 Å². The number of Topliss-reactive ketones (excluding diaryl/α,β-unsaturated/α-hetero) is 2. The lowest BCUT2D eigenvalue weighted by atomic mass is 9.98. The van der Waals surface area contributed by atoms with Gasteiger partial charge in [-0.3, -0.25) is 19.4 Å². The lowest BCUT2D eigenvalue weighted by molar-refractivity contribution is 0.0933. The van der Waals surface area contributed by atoms with Gasteiger partial charge in [0, 0.05) is 25.2 Å². The van der Waals surface area contributed by atoms with Crippen molar-refractivity contribution in [3.8, 4) is 0 Å². The van der Waals surface area contributed by atoms with Gasteiger partial charge in [0.15, 0.2) is 10.8 Å². The summed E-state index contributed by atoms with van der Waals surface area (Å²) in [7, 11) is 3.79. The topological polar surface area (TPSA) is 132 Å². The Balaban J connectivity index is 1.93. The van der Waals surface area contributed by atoms with Crippen LogP contribution in [-0.4, -0.2) is 95.0 Å². The Hall–Kier alpha value is -2.66. The highest BCUT2D eigenvalue weighted by Crippen LogP contribution is 2.26. The summed E-state index contributed by atoms with van der Waals surface area (Å²) in [5.41, 5.74) is -0.311. The molecule has 0 atom stereocenters. The summed E-state index contributed by atoms with van der Waals surface area (Å²) < 4.78 is 0. The molecule has 2 rings (SSSR count). The monoisotopic (exact) mass is 465 g/mol. The molecule has 176 valence electrons. The molecule has 11 heteroatoms. The van der Waals surface area contributed by atoms with Crippen LogP contribution in [-0.2, 0) is 0 Å². The summed E-state index contributed by atoms with van der Waals surface area (Å²) >= 11 is 0.919. The number of unbranched alkanes of at least 4 members (excludes halogenated alkanes) is 1. The second kappa shape index (κ2) is 10.8. The fourth-order valence-electron chi connectivity index (χ4n) is 3.11. The number of rotatable bonds is 9. The molecule has 32 heavy (non-hydrogen) atoms. The van der Waals surface area contributed by atoms with E-state index in [9.17, 15) is 24.3 Å². The summed E-state index contributed by atoms with van der Waals surface area (Å²) in [6.45, 7) is 7.24. The lowest BCUT2D eigenvalue weighted by Gasteiger charge is -2.33. The van der Waals surface area contributed by atoms with Crippen molar-refractivity contribution in [2.45, 2.75) is 45.6 Å². The van der Waals surface area contributed by atoms with Crippen LogP contribution in [0.2, 0.25) is 0 Å². The first-order chi connectivity index (χ1) is 14.9. The number of hydrogen-bond donors (Lipinski definition) is 2. The SMILES string of the molecule is CN(C)CCN=C1CC(=O)c2sc(C(=O)NCCCCN(C(=O)O)C(C)(C)C)nc2C1=O. The molecule has 1 aliphatic carbocycles. The molecular formula is C21H31N5O5S. The smallest absolute Gasteiger partial charge is 0.407 e. The maximum Gasteiger partial charge on any atom is 0.407 e. The van der Waals surface area contributed by atoms with Gasteiger partial charge in [-0.15, -0.1) is 11.3 Å². The number of carbonyl (C=O) groups is 4. The first-order valence-electron chi connectivity index (χ1n) is 10.5. The predicted octanol–water partition coefficient (Wildman–Crippen LogP) is 2.20. The van der Waals surface area contributed by atoms with Gasteiger partial charge < -0.3 is 20.2 Å². The molecule has 0 aliphatic heterocycles. The van der Waals surface area contributed by atoms with Crippen LogP contribution in [0.15, 0.2) is 4.99 Å². The highest BCUT2D eigenvalue weighted by Gasteiger charge is 2.34. The van der Waals surface area contributed by atoms with Crippen molar-refractivity contribution in [1.29, 1.82) is 0 Å². The first kappa shape index (κ1) is 25.6. The van der Waals surface area contributed by atoms with Crippen molar-refractivity contribution in [2.75, 3.05) is 40.3 Å². The number of amides is 2.